The number of alkyl halides is 3. The van der Waals surface area contributed by atoms with Crippen molar-refractivity contribution in [1.29, 1.82) is 0 Å². The van der Waals surface area contributed by atoms with Crippen molar-refractivity contribution in [3.63, 3.8) is 0 Å². The average Bonchev–Trinajstić information content (AvgIpc) is 2.73. The maximum Gasteiger partial charge on any atom is 0.416 e. The van der Waals surface area contributed by atoms with Crippen LogP contribution in [0.25, 0.3) is 0 Å². The average molecular weight is 431 g/mol. The number of ether oxygens (including phenoxy) is 1. The van der Waals surface area contributed by atoms with Crippen LogP contribution in [-0.4, -0.2) is 19.1 Å². The van der Waals surface area contributed by atoms with Crippen LogP contribution in [-0.2, 0) is 15.7 Å². The molecule has 0 N–H and O–H groups in total. The molecule has 1 fully saturated rings. The summed E-state index contributed by atoms with van der Waals surface area (Å²) in [6, 6.07) is 13.5. The number of hydrogen-bond acceptors (Lipinski definition) is 3. The van der Waals surface area contributed by atoms with Crippen molar-refractivity contribution in [1.82, 2.24) is 0 Å². The Labute approximate surface area is 181 Å². The second-order valence-corrected chi connectivity index (χ2v) is 8.08. The van der Waals surface area contributed by atoms with Gasteiger partial charge in [-0.15, -0.1) is 0 Å². The zero-order valence-electron chi connectivity index (χ0n) is 18.1. The van der Waals surface area contributed by atoms with Gasteiger partial charge in [-0.2, -0.15) is 13.2 Å². The molecule has 2 aromatic carbocycles. The summed E-state index contributed by atoms with van der Waals surface area (Å²) in [5.41, 5.74) is 3.31. The first-order valence-electron chi connectivity index (χ1n) is 10.6. The van der Waals surface area contributed by atoms with Crippen molar-refractivity contribution < 1.29 is 22.7 Å². The summed E-state index contributed by atoms with van der Waals surface area (Å²) in [4.78, 5) is 14.1. The molecule has 6 heteroatoms. The first-order valence-corrected chi connectivity index (χ1v) is 10.6. The third-order valence-electron chi connectivity index (χ3n) is 5.63. The summed E-state index contributed by atoms with van der Waals surface area (Å²) in [7, 11) is 0. The van der Waals surface area contributed by atoms with Gasteiger partial charge in [0.1, 0.15) is 0 Å². The molecule has 3 nitrogen and oxygen atoms in total. The minimum Gasteiger partial charge on any atom is -0.463 e. The first kappa shape index (κ1) is 22.9. The number of piperidine rings is 1. The summed E-state index contributed by atoms with van der Waals surface area (Å²) in [6.07, 6.45) is -1.59. The zero-order chi connectivity index (χ0) is 22.6. The molecule has 3 rings (SSSR count). The van der Waals surface area contributed by atoms with E-state index in [1.54, 1.807) is 6.92 Å². The lowest BCUT2D eigenvalue weighted by Crippen LogP contribution is -2.34. The molecule has 1 unspecified atom stereocenters. The molecule has 166 valence electrons. The van der Waals surface area contributed by atoms with Gasteiger partial charge in [-0.1, -0.05) is 43.7 Å². The van der Waals surface area contributed by atoms with Gasteiger partial charge in [0.05, 0.1) is 18.2 Å². The molecule has 0 spiro atoms. The highest BCUT2D eigenvalue weighted by molar-refractivity contribution is 5.83. The van der Waals surface area contributed by atoms with E-state index in [4.69, 9.17) is 4.74 Å². The van der Waals surface area contributed by atoms with Gasteiger partial charge in [0, 0.05) is 18.3 Å². The monoisotopic (exact) mass is 431 g/mol. The van der Waals surface area contributed by atoms with Gasteiger partial charge < -0.3 is 9.64 Å². The van der Waals surface area contributed by atoms with Gasteiger partial charge in [-0.3, -0.25) is 0 Å². The lowest BCUT2D eigenvalue weighted by atomic mass is 9.90. The quantitative estimate of drug-likeness (QED) is 0.392. The van der Waals surface area contributed by atoms with Crippen LogP contribution in [0.5, 0.6) is 0 Å². The Morgan fingerprint density at radius 2 is 1.77 bits per heavy atom. The van der Waals surface area contributed by atoms with Crippen molar-refractivity contribution >= 4 is 11.7 Å². The number of benzene rings is 2. The predicted molar refractivity (Wildman–Crippen MR) is 116 cm³/mol. The number of rotatable bonds is 5. The molecule has 0 saturated carbocycles. The van der Waals surface area contributed by atoms with Crippen LogP contribution in [0, 0.1) is 0 Å². The number of nitrogens with zero attached hydrogens (tertiary/aromatic N) is 1. The number of halogens is 3. The Morgan fingerprint density at radius 1 is 1.13 bits per heavy atom. The number of hydrogen-bond donors (Lipinski definition) is 0. The molecule has 31 heavy (non-hydrogen) atoms. The summed E-state index contributed by atoms with van der Waals surface area (Å²) < 4.78 is 44.1. The number of carbonyl (C=O) groups is 1. The molecule has 0 aliphatic carbocycles. The van der Waals surface area contributed by atoms with E-state index in [-0.39, 0.29) is 12.0 Å². The van der Waals surface area contributed by atoms with Crippen molar-refractivity contribution in [2.45, 2.75) is 51.7 Å². The largest absolute Gasteiger partial charge is 0.463 e. The second-order valence-electron chi connectivity index (χ2n) is 8.08. The SMILES string of the molecule is CCOC(=O)C=C1CCN(c2ccc(C(C)C)cc2)C(c2ccc(C(F)(F)F)cc2)C1. The van der Waals surface area contributed by atoms with Gasteiger partial charge in [0.15, 0.2) is 0 Å². The van der Waals surface area contributed by atoms with E-state index in [1.165, 1.54) is 23.8 Å². The smallest absolute Gasteiger partial charge is 0.416 e. The van der Waals surface area contributed by atoms with E-state index in [1.807, 2.05) is 0 Å². The Bertz CT molecular complexity index is 915. The van der Waals surface area contributed by atoms with Crippen LogP contribution in [0.2, 0.25) is 0 Å². The summed E-state index contributed by atoms with van der Waals surface area (Å²) in [6.45, 7) is 6.99. The highest BCUT2D eigenvalue weighted by Crippen LogP contribution is 2.39. The van der Waals surface area contributed by atoms with E-state index in [0.29, 0.717) is 31.9 Å². The Hall–Kier alpha value is -2.76. The predicted octanol–water partition coefficient (Wildman–Crippen LogP) is 6.66. The van der Waals surface area contributed by atoms with Gasteiger partial charge in [0.2, 0.25) is 0 Å². The maximum atomic E-state index is 13.0. The van der Waals surface area contributed by atoms with Crippen LogP contribution in [0.15, 0.2) is 60.2 Å². The van der Waals surface area contributed by atoms with Crippen LogP contribution >= 0.6 is 0 Å². The van der Waals surface area contributed by atoms with Gasteiger partial charge in [0.25, 0.3) is 0 Å². The van der Waals surface area contributed by atoms with Crippen LogP contribution in [0.4, 0.5) is 18.9 Å². The molecular formula is C25H28F3NO2. The number of carbonyl (C=O) groups excluding carboxylic acids is 1. The third-order valence-corrected chi connectivity index (χ3v) is 5.63. The van der Waals surface area contributed by atoms with E-state index >= 15 is 0 Å². The highest BCUT2D eigenvalue weighted by atomic mass is 19.4. The Balaban J connectivity index is 1.93. The third kappa shape index (κ3) is 5.69. The topological polar surface area (TPSA) is 29.5 Å². The fourth-order valence-electron chi connectivity index (χ4n) is 3.91. The van der Waals surface area contributed by atoms with Gasteiger partial charge in [-0.25, -0.2) is 4.79 Å². The molecule has 0 aromatic heterocycles. The van der Waals surface area contributed by atoms with Crippen molar-refractivity contribution in [2.24, 2.45) is 0 Å². The zero-order valence-corrected chi connectivity index (χ0v) is 18.1. The maximum absolute atomic E-state index is 13.0. The molecular weight excluding hydrogens is 403 g/mol. The molecule has 1 aliphatic rings. The van der Waals surface area contributed by atoms with Crippen molar-refractivity contribution in [2.75, 3.05) is 18.1 Å². The summed E-state index contributed by atoms with van der Waals surface area (Å²) >= 11 is 0. The normalized spacial score (nSPS) is 18.5. The standard InChI is InChI=1S/C25H28F3NO2/c1-4-31-24(30)16-18-13-14-29(22-11-7-19(8-12-22)17(2)3)23(15-18)20-5-9-21(10-6-20)25(26,27)28/h5-12,16-17,23H,4,13-15H2,1-3H3. The molecule has 1 heterocycles. The van der Waals surface area contributed by atoms with Gasteiger partial charge in [-0.05, 0) is 61.1 Å². The Kier molecular flexibility index (Phi) is 7.08. The van der Waals surface area contributed by atoms with Crippen LogP contribution < -0.4 is 4.90 Å². The van der Waals surface area contributed by atoms with Crippen molar-refractivity contribution in [3.8, 4) is 0 Å². The fourth-order valence-corrected chi connectivity index (χ4v) is 3.91. The first-order chi connectivity index (χ1) is 14.7. The number of anilines is 1. The highest BCUT2D eigenvalue weighted by Gasteiger charge is 2.32. The number of esters is 1. The van der Waals surface area contributed by atoms with E-state index in [0.717, 1.165) is 29.0 Å². The lowest BCUT2D eigenvalue weighted by molar-refractivity contribution is -0.138. The molecule has 1 saturated heterocycles. The second kappa shape index (κ2) is 9.58. The fraction of sp³-hybridized carbons (Fsp3) is 0.400. The minimum atomic E-state index is -4.37. The molecule has 1 aliphatic heterocycles. The van der Waals surface area contributed by atoms with E-state index in [2.05, 4.69) is 43.0 Å². The van der Waals surface area contributed by atoms with Crippen molar-refractivity contribution in [3.05, 3.63) is 76.9 Å². The minimum absolute atomic E-state index is 0.165. The van der Waals surface area contributed by atoms with Crippen LogP contribution in [0.3, 0.4) is 0 Å². The molecule has 0 bridgehead atoms. The molecule has 0 radical (unpaired) electrons. The lowest BCUT2D eigenvalue weighted by Gasteiger charge is -2.39. The van der Waals surface area contributed by atoms with Gasteiger partial charge >= 0.3 is 12.1 Å². The van der Waals surface area contributed by atoms with Crippen LogP contribution in [0.1, 0.15) is 62.3 Å². The summed E-state index contributed by atoms with van der Waals surface area (Å²) in [5, 5.41) is 0. The Morgan fingerprint density at radius 3 is 2.32 bits per heavy atom. The molecule has 1 atom stereocenters. The van der Waals surface area contributed by atoms with E-state index < -0.39 is 11.7 Å². The molecule has 2 aromatic rings. The summed E-state index contributed by atoms with van der Waals surface area (Å²) in [5.74, 6) is 0.0404. The molecule has 0 amide bonds. The van der Waals surface area contributed by atoms with E-state index in [9.17, 15) is 18.0 Å².